The third kappa shape index (κ3) is 5.76. The second-order valence-corrected chi connectivity index (χ2v) is 9.19. The van der Waals surface area contributed by atoms with Crippen molar-refractivity contribution in [1.29, 1.82) is 0 Å². The quantitative estimate of drug-likeness (QED) is 0.739. The fourth-order valence-electron chi connectivity index (χ4n) is 2.37. The van der Waals surface area contributed by atoms with Gasteiger partial charge in [-0.2, -0.15) is 11.8 Å². The Labute approximate surface area is 134 Å². The minimum atomic E-state index is -3.23. The zero-order chi connectivity index (χ0) is 14.4. The molecule has 0 saturated heterocycles. The van der Waals surface area contributed by atoms with Crippen LogP contribution in [0.15, 0.2) is 28.7 Å². The van der Waals surface area contributed by atoms with Gasteiger partial charge in [0.05, 0.1) is 5.75 Å². The Morgan fingerprint density at radius 2 is 2.05 bits per heavy atom. The third-order valence-electron chi connectivity index (χ3n) is 3.33. The standard InChI is InChI=1S/C14H20BrNO2S2/c15-13-5-3-4-12(10-13)11-20(17,18)16-8-9-19-14-6-1-2-7-14/h3-5,10,14,16H,1-2,6-9,11H2. The van der Waals surface area contributed by atoms with Crippen LogP contribution in [-0.4, -0.2) is 26.0 Å². The van der Waals surface area contributed by atoms with E-state index in [4.69, 9.17) is 0 Å². The topological polar surface area (TPSA) is 46.2 Å². The van der Waals surface area contributed by atoms with Crippen LogP contribution in [0.2, 0.25) is 0 Å². The van der Waals surface area contributed by atoms with Gasteiger partial charge < -0.3 is 0 Å². The van der Waals surface area contributed by atoms with E-state index in [1.54, 1.807) is 0 Å². The first-order valence-electron chi connectivity index (χ1n) is 6.88. The number of hydrogen-bond acceptors (Lipinski definition) is 3. The summed E-state index contributed by atoms with van der Waals surface area (Å²) in [6, 6.07) is 7.41. The molecule has 6 heteroatoms. The molecule has 0 heterocycles. The third-order valence-corrected chi connectivity index (χ3v) is 6.56. The van der Waals surface area contributed by atoms with Crippen molar-refractivity contribution in [3.05, 3.63) is 34.3 Å². The van der Waals surface area contributed by atoms with Crippen LogP contribution in [0.5, 0.6) is 0 Å². The molecular weight excluding hydrogens is 358 g/mol. The van der Waals surface area contributed by atoms with E-state index >= 15 is 0 Å². The summed E-state index contributed by atoms with van der Waals surface area (Å²) in [5, 5.41) is 0.740. The molecule has 1 aliphatic carbocycles. The van der Waals surface area contributed by atoms with E-state index in [1.165, 1.54) is 25.7 Å². The number of nitrogens with one attached hydrogen (secondary N) is 1. The van der Waals surface area contributed by atoms with Gasteiger partial charge in [0.15, 0.2) is 0 Å². The van der Waals surface area contributed by atoms with Crippen LogP contribution in [0, 0.1) is 0 Å². The molecule has 0 unspecified atom stereocenters. The van der Waals surface area contributed by atoms with E-state index in [1.807, 2.05) is 36.0 Å². The van der Waals surface area contributed by atoms with Gasteiger partial charge in [-0.25, -0.2) is 13.1 Å². The molecule has 1 N–H and O–H groups in total. The summed E-state index contributed by atoms with van der Waals surface area (Å²) in [6.45, 7) is 0.525. The Bertz CT molecular complexity index is 528. The summed E-state index contributed by atoms with van der Waals surface area (Å²) in [7, 11) is -3.23. The molecule has 0 amide bonds. The first-order chi connectivity index (χ1) is 9.55. The molecule has 20 heavy (non-hydrogen) atoms. The van der Waals surface area contributed by atoms with Crippen LogP contribution in [0.25, 0.3) is 0 Å². The minimum absolute atomic E-state index is 0.0422. The number of sulfonamides is 1. The fraction of sp³-hybridized carbons (Fsp3) is 0.571. The summed E-state index contributed by atoms with van der Waals surface area (Å²) in [6.07, 6.45) is 5.23. The second kappa shape index (κ2) is 7.82. The zero-order valence-corrected chi connectivity index (χ0v) is 14.6. The number of hydrogen-bond donors (Lipinski definition) is 1. The Morgan fingerprint density at radius 1 is 1.30 bits per heavy atom. The van der Waals surface area contributed by atoms with Crippen molar-refractivity contribution in [3.8, 4) is 0 Å². The molecule has 2 rings (SSSR count). The molecule has 1 aromatic rings. The van der Waals surface area contributed by atoms with Crippen LogP contribution in [-0.2, 0) is 15.8 Å². The highest BCUT2D eigenvalue weighted by Gasteiger charge is 2.16. The zero-order valence-electron chi connectivity index (χ0n) is 11.3. The Morgan fingerprint density at radius 3 is 2.75 bits per heavy atom. The van der Waals surface area contributed by atoms with E-state index in [9.17, 15) is 8.42 Å². The van der Waals surface area contributed by atoms with Gasteiger partial charge in [-0.05, 0) is 30.5 Å². The molecule has 0 radical (unpaired) electrons. The number of thioether (sulfide) groups is 1. The summed E-state index contributed by atoms with van der Waals surface area (Å²) in [5.41, 5.74) is 0.801. The Balaban J connectivity index is 1.73. The average molecular weight is 378 g/mol. The first kappa shape index (κ1) is 16.3. The lowest BCUT2D eigenvalue weighted by atomic mass is 10.2. The van der Waals surface area contributed by atoms with Gasteiger partial charge in [0, 0.05) is 22.0 Å². The summed E-state index contributed by atoms with van der Waals surface area (Å²) in [5.74, 6) is 0.906. The second-order valence-electron chi connectivity index (χ2n) is 5.06. The van der Waals surface area contributed by atoms with Gasteiger partial charge in [-0.15, -0.1) is 0 Å². The molecular formula is C14H20BrNO2S2. The van der Waals surface area contributed by atoms with Crippen LogP contribution >= 0.6 is 27.7 Å². The number of benzene rings is 1. The van der Waals surface area contributed by atoms with E-state index < -0.39 is 10.0 Å². The van der Waals surface area contributed by atoms with Crippen LogP contribution < -0.4 is 4.72 Å². The van der Waals surface area contributed by atoms with Crippen molar-refractivity contribution in [2.24, 2.45) is 0 Å². The molecule has 1 fully saturated rings. The lowest BCUT2D eigenvalue weighted by molar-refractivity contribution is 0.583. The predicted octanol–water partition coefficient (Wildman–Crippen LogP) is 3.54. The lowest BCUT2D eigenvalue weighted by Crippen LogP contribution is -2.27. The normalized spacial score (nSPS) is 16.6. The van der Waals surface area contributed by atoms with E-state index in [0.717, 1.165) is 21.0 Å². The number of rotatable bonds is 7. The number of halogens is 1. The van der Waals surface area contributed by atoms with Gasteiger partial charge in [-0.3, -0.25) is 0 Å². The van der Waals surface area contributed by atoms with Gasteiger partial charge in [0.25, 0.3) is 0 Å². The van der Waals surface area contributed by atoms with Crippen LogP contribution in [0.1, 0.15) is 31.2 Å². The fourth-order valence-corrected chi connectivity index (χ4v) is 5.30. The predicted molar refractivity (Wildman–Crippen MR) is 89.5 cm³/mol. The molecule has 0 atom stereocenters. The SMILES string of the molecule is O=S(=O)(Cc1cccc(Br)c1)NCCSC1CCCC1. The highest BCUT2D eigenvalue weighted by atomic mass is 79.9. The van der Waals surface area contributed by atoms with Gasteiger partial charge in [0.2, 0.25) is 10.0 Å². The van der Waals surface area contributed by atoms with E-state index in [2.05, 4.69) is 20.7 Å². The lowest BCUT2D eigenvalue weighted by Gasteiger charge is -2.10. The molecule has 0 spiro atoms. The average Bonchev–Trinajstić information content (AvgIpc) is 2.87. The maximum atomic E-state index is 12.0. The maximum absolute atomic E-state index is 12.0. The summed E-state index contributed by atoms with van der Waals surface area (Å²) < 4.78 is 27.5. The minimum Gasteiger partial charge on any atom is -0.214 e. The molecule has 3 nitrogen and oxygen atoms in total. The smallest absolute Gasteiger partial charge is 0.214 e. The first-order valence-corrected chi connectivity index (χ1v) is 10.4. The van der Waals surface area contributed by atoms with Crippen LogP contribution in [0.4, 0.5) is 0 Å². The van der Waals surface area contributed by atoms with Crippen molar-refractivity contribution < 1.29 is 8.42 Å². The van der Waals surface area contributed by atoms with E-state index in [-0.39, 0.29) is 5.75 Å². The van der Waals surface area contributed by atoms with Crippen LogP contribution in [0.3, 0.4) is 0 Å². The highest BCUT2D eigenvalue weighted by Crippen LogP contribution is 2.28. The summed E-state index contributed by atoms with van der Waals surface area (Å²) in [4.78, 5) is 0. The molecule has 0 bridgehead atoms. The molecule has 112 valence electrons. The summed E-state index contributed by atoms with van der Waals surface area (Å²) >= 11 is 5.25. The molecule has 1 aromatic carbocycles. The van der Waals surface area contributed by atoms with Crippen molar-refractivity contribution in [2.75, 3.05) is 12.3 Å². The van der Waals surface area contributed by atoms with Gasteiger partial charge in [-0.1, -0.05) is 40.9 Å². The van der Waals surface area contributed by atoms with Crippen molar-refractivity contribution >= 4 is 37.7 Å². The Hall–Kier alpha value is -0.0400. The van der Waals surface area contributed by atoms with Crippen molar-refractivity contribution in [2.45, 2.75) is 36.7 Å². The molecule has 0 aromatic heterocycles. The van der Waals surface area contributed by atoms with Crippen molar-refractivity contribution in [1.82, 2.24) is 4.72 Å². The molecule has 1 saturated carbocycles. The highest BCUT2D eigenvalue weighted by molar-refractivity contribution is 9.10. The maximum Gasteiger partial charge on any atom is 0.215 e. The molecule has 1 aliphatic rings. The van der Waals surface area contributed by atoms with Crippen molar-refractivity contribution in [3.63, 3.8) is 0 Å². The monoisotopic (exact) mass is 377 g/mol. The Kier molecular flexibility index (Phi) is 6.39. The largest absolute Gasteiger partial charge is 0.215 e. The van der Waals surface area contributed by atoms with E-state index in [0.29, 0.717) is 6.54 Å². The van der Waals surface area contributed by atoms with Gasteiger partial charge >= 0.3 is 0 Å². The molecule has 0 aliphatic heterocycles. The van der Waals surface area contributed by atoms with Gasteiger partial charge in [0.1, 0.15) is 0 Å².